The van der Waals surface area contributed by atoms with E-state index in [1.165, 1.54) is 87.7 Å². The van der Waals surface area contributed by atoms with E-state index < -0.39 is 0 Å². The minimum absolute atomic E-state index is 0.167. The third-order valence-electron chi connectivity index (χ3n) is 17.3. The molecule has 16 rings (SSSR count). The molecule has 0 saturated heterocycles. The smallest absolute Gasteiger partial charge is 0.159 e. The Morgan fingerprint density at radius 3 is 1.55 bits per heavy atom. The Hall–Kier alpha value is -8.86. The molecule has 0 N–H and O–H groups in total. The van der Waals surface area contributed by atoms with E-state index in [1.54, 1.807) is 0 Å². The molecule has 0 aliphatic heterocycles. The highest BCUT2D eigenvalue weighted by molar-refractivity contribution is 6.28. The molecule has 2 heterocycles. The molecule has 11 aromatic carbocycles. The Kier molecular flexibility index (Phi) is 8.38. The predicted molar refractivity (Wildman–Crippen MR) is 308 cm³/mol. The first-order valence-corrected chi connectivity index (χ1v) is 26.1. The van der Waals surface area contributed by atoms with Gasteiger partial charge in [0.05, 0.1) is 22.8 Å². The van der Waals surface area contributed by atoms with Gasteiger partial charge in [0.15, 0.2) is 11.0 Å². The lowest BCUT2D eigenvalue weighted by Crippen LogP contribution is -2.33. The van der Waals surface area contributed by atoms with Gasteiger partial charge in [-0.15, -0.1) is 0 Å². The van der Waals surface area contributed by atoms with Gasteiger partial charge in [0.1, 0.15) is 11.2 Å². The number of rotatable bonds is 6. The zero-order valence-corrected chi connectivity index (χ0v) is 41.8. The number of hydrogen-bond donors (Lipinski definition) is 0. The van der Waals surface area contributed by atoms with Gasteiger partial charge in [0.2, 0.25) is 0 Å². The second kappa shape index (κ2) is 14.9. The standard InChI is InChI=1S/C70H50N2O2/c1-69(2)55-21-9-5-15-45(55)47-35-31-43(39-57(47)69)71(61-23-13-19-51-49-17-7-11-25-63(49)73-67(51)61)59-37-29-41-28-34-54-60(38-30-42-27-33-53(59)65(41)66(42)54)72(62-24-14-20-52-50-18-8-12-26-64(50)74-68(52)62)44-32-36-48-46-16-6-10-22-56(46)70(3,4)58(48)40-44/h5-13,15-23,25-40H,14,24H2,1-4H3. The summed E-state index contributed by atoms with van der Waals surface area (Å²) in [4.78, 5) is 5.00. The highest BCUT2D eigenvalue weighted by Gasteiger charge is 2.38. The van der Waals surface area contributed by atoms with Crippen molar-refractivity contribution < 1.29 is 8.83 Å². The lowest BCUT2D eigenvalue weighted by Gasteiger charge is -2.32. The van der Waals surface area contributed by atoms with E-state index in [2.05, 4.69) is 244 Å². The molecule has 0 atom stereocenters. The van der Waals surface area contributed by atoms with Crippen molar-refractivity contribution in [2.75, 3.05) is 9.80 Å². The molecule has 74 heavy (non-hydrogen) atoms. The van der Waals surface area contributed by atoms with Gasteiger partial charge in [-0.05, 0) is 133 Å². The van der Waals surface area contributed by atoms with E-state index in [9.17, 15) is 0 Å². The van der Waals surface area contributed by atoms with Gasteiger partial charge in [-0.3, -0.25) is 0 Å². The van der Waals surface area contributed by atoms with Crippen molar-refractivity contribution in [2.24, 2.45) is 0 Å². The molecule has 0 bridgehead atoms. The van der Waals surface area contributed by atoms with Crippen LogP contribution in [0.1, 0.15) is 62.8 Å². The van der Waals surface area contributed by atoms with Crippen molar-refractivity contribution in [3.05, 3.63) is 233 Å². The first-order valence-electron chi connectivity index (χ1n) is 26.1. The van der Waals surface area contributed by atoms with E-state index in [-0.39, 0.29) is 10.8 Å². The summed E-state index contributed by atoms with van der Waals surface area (Å²) in [5, 5.41) is 11.8. The number of furan rings is 2. The summed E-state index contributed by atoms with van der Waals surface area (Å²) in [6.07, 6.45) is 4.12. The van der Waals surface area contributed by atoms with Crippen LogP contribution in [0.5, 0.6) is 0 Å². The lowest BCUT2D eigenvalue weighted by atomic mass is 9.82. The minimum Gasteiger partial charge on any atom is -0.454 e. The number of fused-ring (bicyclic) bond motifs is 12. The van der Waals surface area contributed by atoms with Crippen LogP contribution in [0.3, 0.4) is 0 Å². The van der Waals surface area contributed by atoms with Crippen LogP contribution in [-0.4, -0.2) is 0 Å². The number of nitrogens with zero attached hydrogens (tertiary/aromatic N) is 2. The van der Waals surface area contributed by atoms with Gasteiger partial charge >= 0.3 is 0 Å². The average Bonchev–Trinajstić information content (AvgIpc) is 4.15. The second-order valence-electron chi connectivity index (χ2n) is 21.8. The summed E-state index contributed by atoms with van der Waals surface area (Å²) in [5.74, 6) is 0. The van der Waals surface area contributed by atoms with Gasteiger partial charge in [0, 0.05) is 54.4 Å². The Bertz CT molecular complexity index is 4700. The monoisotopic (exact) mass is 950 g/mol. The molecule has 0 unspecified atom stereocenters. The molecule has 3 aliphatic rings. The Balaban J connectivity index is 0.959. The first-order chi connectivity index (χ1) is 36.2. The molecule has 0 fully saturated rings. The lowest BCUT2D eigenvalue weighted by molar-refractivity contribution is 0.566. The summed E-state index contributed by atoms with van der Waals surface area (Å²) in [7, 11) is 0. The maximum atomic E-state index is 6.95. The van der Waals surface area contributed by atoms with E-state index in [1.807, 2.05) is 0 Å². The van der Waals surface area contributed by atoms with Crippen LogP contribution >= 0.6 is 0 Å². The Morgan fingerprint density at radius 1 is 0.392 bits per heavy atom. The SMILES string of the molecule is CC1(C)c2ccccc2-c2ccc(N(C3=c4oc5ccccc5c4=CCC3)c3ccc4ccc5c(N(c6ccc7c(c6)C(C)(C)c6ccccc6-7)c6cccc7c6oc6ccccc67)ccc6ccc3c4c65)cc21. The zero-order valence-electron chi connectivity index (χ0n) is 41.8. The molecule has 4 nitrogen and oxygen atoms in total. The first kappa shape index (κ1) is 41.7. The Morgan fingerprint density at radius 2 is 0.905 bits per heavy atom. The Labute approximate surface area is 428 Å². The maximum absolute atomic E-state index is 6.95. The van der Waals surface area contributed by atoms with E-state index >= 15 is 0 Å². The van der Waals surface area contributed by atoms with Crippen molar-refractivity contribution in [3.8, 4) is 22.3 Å². The predicted octanol–water partition coefficient (Wildman–Crippen LogP) is 17.8. The highest BCUT2D eigenvalue weighted by Crippen LogP contribution is 2.55. The van der Waals surface area contributed by atoms with Gasteiger partial charge in [-0.1, -0.05) is 179 Å². The molecular formula is C70H50N2O2. The quantitative estimate of drug-likeness (QED) is 0.156. The molecule has 0 radical (unpaired) electrons. The van der Waals surface area contributed by atoms with Crippen LogP contribution in [0.25, 0.3) is 99.3 Å². The summed E-state index contributed by atoms with van der Waals surface area (Å²) in [6, 6.07) is 74.3. The fraction of sp³-hybridized carbons (Fsp3) is 0.114. The number of anilines is 5. The van der Waals surface area contributed by atoms with Gasteiger partial charge in [-0.2, -0.15) is 0 Å². The van der Waals surface area contributed by atoms with Crippen LogP contribution < -0.4 is 20.4 Å². The third kappa shape index (κ3) is 5.57. The summed E-state index contributed by atoms with van der Waals surface area (Å²) in [6.45, 7) is 9.48. The summed E-state index contributed by atoms with van der Waals surface area (Å²) < 4.78 is 13.9. The number of para-hydroxylation sites is 3. The molecule has 0 saturated carbocycles. The normalized spacial score (nSPS) is 14.9. The van der Waals surface area contributed by atoms with Crippen LogP contribution in [0.4, 0.5) is 28.4 Å². The van der Waals surface area contributed by atoms with Gasteiger partial charge in [-0.25, -0.2) is 0 Å². The van der Waals surface area contributed by atoms with Gasteiger partial charge in [0.25, 0.3) is 0 Å². The molecule has 13 aromatic rings. The second-order valence-corrected chi connectivity index (χ2v) is 21.8. The van der Waals surface area contributed by atoms with Crippen molar-refractivity contribution in [3.63, 3.8) is 0 Å². The van der Waals surface area contributed by atoms with E-state index in [0.717, 1.165) is 79.6 Å². The number of hydrogen-bond acceptors (Lipinski definition) is 4. The van der Waals surface area contributed by atoms with Gasteiger partial charge < -0.3 is 18.6 Å². The van der Waals surface area contributed by atoms with E-state index in [0.29, 0.717) is 0 Å². The molecule has 352 valence electrons. The molecular weight excluding hydrogens is 901 g/mol. The van der Waals surface area contributed by atoms with Crippen molar-refractivity contribution in [1.82, 2.24) is 0 Å². The molecule has 3 aliphatic carbocycles. The minimum atomic E-state index is -0.181. The van der Waals surface area contributed by atoms with Crippen LogP contribution in [0, 0.1) is 0 Å². The maximum Gasteiger partial charge on any atom is 0.159 e. The van der Waals surface area contributed by atoms with Crippen LogP contribution in [0.15, 0.2) is 209 Å². The van der Waals surface area contributed by atoms with Crippen LogP contribution in [-0.2, 0) is 10.8 Å². The fourth-order valence-corrected chi connectivity index (χ4v) is 13.7. The van der Waals surface area contributed by atoms with Crippen molar-refractivity contribution >= 4 is 105 Å². The molecule has 2 aromatic heterocycles. The summed E-state index contributed by atoms with van der Waals surface area (Å²) in [5.41, 5.74) is 20.5. The largest absolute Gasteiger partial charge is 0.454 e. The topological polar surface area (TPSA) is 32.8 Å². The number of benzene rings is 11. The van der Waals surface area contributed by atoms with Crippen molar-refractivity contribution in [1.29, 1.82) is 0 Å². The summed E-state index contributed by atoms with van der Waals surface area (Å²) >= 11 is 0. The average molecular weight is 951 g/mol. The zero-order chi connectivity index (χ0) is 49.2. The molecule has 0 amide bonds. The van der Waals surface area contributed by atoms with E-state index in [4.69, 9.17) is 8.83 Å². The highest BCUT2D eigenvalue weighted by atomic mass is 16.3. The molecule has 0 spiro atoms. The third-order valence-corrected chi connectivity index (χ3v) is 17.3. The van der Waals surface area contributed by atoms with Crippen molar-refractivity contribution in [2.45, 2.75) is 51.4 Å². The fourth-order valence-electron chi connectivity index (χ4n) is 13.7. The van der Waals surface area contributed by atoms with Crippen LogP contribution in [0.2, 0.25) is 0 Å². The molecule has 4 heteroatoms.